The third kappa shape index (κ3) is 14.8. The van der Waals surface area contributed by atoms with Gasteiger partial charge in [0, 0.05) is 12.6 Å². The van der Waals surface area contributed by atoms with Crippen LogP contribution >= 0.6 is 7.82 Å². The maximum atomic E-state index is 13.1. The first-order chi connectivity index (χ1) is 27.2. The minimum Gasteiger partial charge on any atom is -0.389 e. The van der Waals surface area contributed by atoms with Gasteiger partial charge in [-0.2, -0.15) is 15.6 Å². The maximum absolute atomic E-state index is 13.1. The predicted molar refractivity (Wildman–Crippen MR) is 213 cm³/mol. The van der Waals surface area contributed by atoms with Crippen molar-refractivity contribution >= 4 is 19.2 Å². The van der Waals surface area contributed by atoms with Gasteiger partial charge in [-0.1, -0.05) is 129 Å². The Kier molecular flexibility index (Phi) is 19.7. The Morgan fingerprint density at radius 2 is 1.55 bits per heavy atom. The van der Waals surface area contributed by atoms with Crippen molar-refractivity contribution in [1.82, 2.24) is 19.6 Å². The number of aromatic nitrogens is 4. The van der Waals surface area contributed by atoms with Crippen LogP contribution in [0.2, 0.25) is 0 Å². The Hall–Kier alpha value is -3.46. The third-order valence-electron chi connectivity index (χ3n) is 10.5. The van der Waals surface area contributed by atoms with Gasteiger partial charge in [-0.05, 0) is 30.2 Å². The molecule has 0 spiro atoms. The quantitative estimate of drug-likeness (QED) is 0.0443. The molecule has 3 aromatic rings. The number of nitriles is 2. The summed E-state index contributed by atoms with van der Waals surface area (Å²) in [5.41, 5.74) is 6.13. The Balaban J connectivity index is 1.17. The van der Waals surface area contributed by atoms with Gasteiger partial charge in [0.1, 0.15) is 48.5 Å². The molecule has 1 saturated heterocycles. The predicted octanol–water partition coefficient (Wildman–Crippen LogP) is 8.81. The lowest BCUT2D eigenvalue weighted by atomic mass is 9.99. The largest absolute Gasteiger partial charge is 0.472 e. The molecule has 0 saturated carbocycles. The molecular weight excluding hydrogens is 733 g/mol. The van der Waals surface area contributed by atoms with Crippen molar-refractivity contribution in [3.8, 4) is 12.1 Å². The van der Waals surface area contributed by atoms with Gasteiger partial charge < -0.3 is 25.2 Å². The summed E-state index contributed by atoms with van der Waals surface area (Å²) in [5.74, 6) is 0.258. The summed E-state index contributed by atoms with van der Waals surface area (Å²) >= 11 is 0. The molecule has 0 aliphatic carbocycles. The Morgan fingerprint density at radius 1 is 0.929 bits per heavy atom. The van der Waals surface area contributed by atoms with Crippen LogP contribution in [0.1, 0.15) is 158 Å². The summed E-state index contributed by atoms with van der Waals surface area (Å²) in [4.78, 5) is 18.7. The van der Waals surface area contributed by atoms with Crippen LogP contribution in [-0.4, -0.2) is 60.6 Å². The second kappa shape index (κ2) is 24.3. The number of rotatable bonds is 29. The first-order valence-electron chi connectivity index (χ1n) is 20.6. The van der Waals surface area contributed by atoms with Gasteiger partial charge in [-0.25, -0.2) is 19.0 Å². The van der Waals surface area contributed by atoms with Crippen molar-refractivity contribution in [2.24, 2.45) is 0 Å². The standard InChI is InChI=1S/C41H62N7O7P/c1-2-3-4-5-6-7-8-9-10-11-12-13-14-15-16-17-18-19-20-35(52-28-33-21-22-34(26-42)45-27-33)29-53-56(50,51)54-31-41(30-43)39(49)25-38(55-41)36-23-24-37-40(44)46-32-47-48(36)37/h21-24,27,32,35,38-39,49H,2-20,25,28-29,31H2,1H3,(H,50,51)(H2,44,46,47)/t35-,38-,39+,41-/m1/s1. The molecular formula is C41H62N7O7P. The molecule has 14 nitrogen and oxygen atoms in total. The average molecular weight is 796 g/mol. The van der Waals surface area contributed by atoms with Crippen LogP contribution < -0.4 is 5.73 Å². The highest BCUT2D eigenvalue weighted by Gasteiger charge is 2.51. The van der Waals surface area contributed by atoms with Crippen LogP contribution in [0.3, 0.4) is 0 Å². The molecule has 56 heavy (non-hydrogen) atoms. The highest BCUT2D eigenvalue weighted by Crippen LogP contribution is 2.47. The SMILES string of the molecule is CCCCCCCCCCCCCCCCCCCC[C@H](COP(=O)(O)OC[C@@]1(C#N)O[C@@H](c2ccc3c(N)ncnn23)C[C@@H]1O)OCc1ccc(C#N)nc1. The molecule has 1 unspecified atom stereocenters. The summed E-state index contributed by atoms with van der Waals surface area (Å²) in [7, 11) is -4.70. The van der Waals surface area contributed by atoms with Crippen molar-refractivity contribution < 1.29 is 33.1 Å². The number of fused-ring (bicyclic) bond motifs is 1. The van der Waals surface area contributed by atoms with E-state index in [1.54, 1.807) is 30.5 Å². The topological polar surface area (TPSA) is 211 Å². The van der Waals surface area contributed by atoms with Crippen molar-refractivity contribution in [1.29, 1.82) is 10.5 Å². The molecule has 5 atom stereocenters. The first kappa shape index (κ1) is 45.2. The molecule has 1 fully saturated rings. The van der Waals surface area contributed by atoms with Gasteiger partial charge in [-0.3, -0.25) is 9.05 Å². The minimum absolute atomic E-state index is 0.0169. The monoisotopic (exact) mass is 795 g/mol. The Labute approximate surface area is 332 Å². The lowest BCUT2D eigenvalue weighted by Crippen LogP contribution is -2.42. The van der Waals surface area contributed by atoms with Crippen LogP contribution in [-0.2, 0) is 29.7 Å². The van der Waals surface area contributed by atoms with Crippen LogP contribution in [0.5, 0.6) is 0 Å². The number of anilines is 1. The lowest BCUT2D eigenvalue weighted by Gasteiger charge is -2.26. The number of hydrogen-bond donors (Lipinski definition) is 3. The van der Waals surface area contributed by atoms with Crippen molar-refractivity contribution in [2.45, 2.75) is 166 Å². The van der Waals surface area contributed by atoms with E-state index in [1.807, 2.05) is 12.1 Å². The number of aliphatic hydroxyl groups excluding tert-OH is 1. The number of aliphatic hydroxyl groups is 1. The average Bonchev–Trinajstić information content (AvgIpc) is 3.79. The number of ether oxygens (including phenoxy) is 2. The highest BCUT2D eigenvalue weighted by atomic mass is 31.2. The van der Waals surface area contributed by atoms with E-state index in [4.69, 9.17) is 29.5 Å². The zero-order valence-electron chi connectivity index (χ0n) is 33.1. The van der Waals surface area contributed by atoms with Crippen LogP contribution in [0.15, 0.2) is 36.8 Å². The highest BCUT2D eigenvalue weighted by molar-refractivity contribution is 7.47. The number of hydrogen-bond acceptors (Lipinski definition) is 12. The molecule has 0 radical (unpaired) electrons. The van der Waals surface area contributed by atoms with Gasteiger partial charge in [0.15, 0.2) is 5.82 Å². The summed E-state index contributed by atoms with van der Waals surface area (Å²) in [6.45, 7) is 1.49. The van der Waals surface area contributed by atoms with Crippen molar-refractivity contribution in [2.75, 3.05) is 18.9 Å². The number of unbranched alkanes of at least 4 members (excludes halogenated alkanes) is 17. The second-order valence-corrected chi connectivity index (χ2v) is 16.4. The van der Waals surface area contributed by atoms with Crippen molar-refractivity contribution in [3.05, 3.63) is 53.7 Å². The number of phosphoric ester groups is 1. The van der Waals surface area contributed by atoms with E-state index < -0.39 is 38.3 Å². The number of nitrogens with two attached hydrogens (primary N) is 1. The second-order valence-electron chi connectivity index (χ2n) is 15.0. The smallest absolute Gasteiger partial charge is 0.389 e. The van der Waals surface area contributed by atoms with Gasteiger partial charge in [0.25, 0.3) is 0 Å². The molecule has 0 amide bonds. The van der Waals surface area contributed by atoms with Gasteiger partial charge in [-0.15, -0.1) is 0 Å². The van der Waals surface area contributed by atoms with E-state index in [1.165, 1.54) is 107 Å². The van der Waals surface area contributed by atoms with E-state index in [0.29, 0.717) is 23.3 Å². The Bertz CT molecular complexity index is 1710. The van der Waals surface area contributed by atoms with E-state index in [0.717, 1.165) is 24.8 Å². The van der Waals surface area contributed by atoms with E-state index in [2.05, 4.69) is 22.0 Å². The van der Waals surface area contributed by atoms with Gasteiger partial charge in [0.2, 0.25) is 5.60 Å². The van der Waals surface area contributed by atoms with E-state index in [9.17, 15) is 19.8 Å². The zero-order chi connectivity index (χ0) is 40.1. The normalized spacial score (nSPS) is 19.8. The van der Waals surface area contributed by atoms with Crippen LogP contribution in [0, 0.1) is 22.7 Å². The summed E-state index contributed by atoms with van der Waals surface area (Å²) < 4.78 is 37.3. The first-order valence-corrected chi connectivity index (χ1v) is 22.1. The molecule has 3 aromatic heterocycles. The minimum atomic E-state index is -4.70. The molecule has 0 aromatic carbocycles. The third-order valence-corrected chi connectivity index (χ3v) is 11.5. The molecule has 4 rings (SSSR count). The summed E-state index contributed by atoms with van der Waals surface area (Å²) in [6.07, 6.45) is 23.8. The van der Waals surface area contributed by atoms with Crippen molar-refractivity contribution in [3.63, 3.8) is 0 Å². The summed E-state index contributed by atoms with van der Waals surface area (Å²) in [5, 5.41) is 34.2. The number of pyridine rings is 1. The lowest BCUT2D eigenvalue weighted by molar-refractivity contribution is -0.0763. The molecule has 4 heterocycles. The zero-order valence-corrected chi connectivity index (χ0v) is 34.0. The fourth-order valence-electron chi connectivity index (χ4n) is 7.11. The number of nitrogens with zero attached hydrogens (tertiary/aromatic N) is 6. The Morgan fingerprint density at radius 3 is 2.12 bits per heavy atom. The summed E-state index contributed by atoms with van der Waals surface area (Å²) in [6, 6.07) is 10.7. The fourth-order valence-corrected chi connectivity index (χ4v) is 7.89. The maximum Gasteiger partial charge on any atom is 0.472 e. The van der Waals surface area contributed by atoms with Crippen LogP contribution in [0.25, 0.3) is 5.52 Å². The molecule has 15 heteroatoms. The van der Waals surface area contributed by atoms with E-state index in [-0.39, 0.29) is 25.5 Å². The van der Waals surface area contributed by atoms with Gasteiger partial charge in [0.05, 0.1) is 25.0 Å². The molecule has 0 bridgehead atoms. The van der Waals surface area contributed by atoms with Gasteiger partial charge >= 0.3 is 7.82 Å². The molecule has 308 valence electrons. The van der Waals surface area contributed by atoms with Crippen LogP contribution in [0.4, 0.5) is 5.82 Å². The fraction of sp³-hybridized carbons (Fsp3) is 0.683. The number of nitrogen functional groups attached to an aromatic ring is 1. The molecule has 4 N–H and O–H groups in total. The number of phosphoric acid groups is 1. The van der Waals surface area contributed by atoms with E-state index >= 15 is 0 Å². The molecule has 1 aliphatic rings. The molecule has 1 aliphatic heterocycles.